The molecule has 0 radical (unpaired) electrons. The lowest BCUT2D eigenvalue weighted by Gasteiger charge is -2.02. The van der Waals surface area contributed by atoms with Gasteiger partial charge in [0, 0.05) is 0 Å². The van der Waals surface area contributed by atoms with Crippen molar-refractivity contribution in [3.05, 3.63) is 71.8 Å². The number of aryl methyl sites for hydroxylation is 1. The molecule has 20 heavy (non-hydrogen) atoms. The molecule has 0 aliphatic carbocycles. The van der Waals surface area contributed by atoms with Crippen molar-refractivity contribution in [3.63, 3.8) is 0 Å². The summed E-state index contributed by atoms with van der Waals surface area (Å²) in [5.74, 6) is 0. The van der Waals surface area contributed by atoms with E-state index in [9.17, 15) is 0 Å². The Hall–Kier alpha value is -2.35. The van der Waals surface area contributed by atoms with Crippen LogP contribution >= 0.6 is 0 Å². The lowest BCUT2D eigenvalue weighted by atomic mass is 10.2. The van der Waals surface area contributed by atoms with E-state index in [2.05, 4.69) is 60.8 Å². The molecule has 2 rings (SSSR count). The zero-order chi connectivity index (χ0) is 14.2. The SMILES string of the molecule is CCC(C=Cc1ccccc1)=NNc1ccc(C)cc1. The van der Waals surface area contributed by atoms with Crippen molar-refractivity contribution in [1.82, 2.24) is 0 Å². The first kappa shape index (κ1) is 14.1. The molecule has 0 fully saturated rings. The van der Waals surface area contributed by atoms with Gasteiger partial charge >= 0.3 is 0 Å². The molecule has 102 valence electrons. The molecule has 0 bridgehead atoms. The van der Waals surface area contributed by atoms with Gasteiger partial charge in [0.15, 0.2) is 0 Å². The summed E-state index contributed by atoms with van der Waals surface area (Å²) in [6.07, 6.45) is 5.03. The molecule has 2 heteroatoms. The molecule has 0 atom stereocenters. The van der Waals surface area contributed by atoms with Crippen LogP contribution in [0.25, 0.3) is 6.08 Å². The number of allylic oxidation sites excluding steroid dienone is 1. The van der Waals surface area contributed by atoms with Gasteiger partial charge in [-0.25, -0.2) is 0 Å². The highest BCUT2D eigenvalue weighted by molar-refractivity contribution is 5.98. The number of benzene rings is 2. The molecule has 2 aromatic carbocycles. The Morgan fingerprint density at radius 1 is 1.05 bits per heavy atom. The van der Waals surface area contributed by atoms with E-state index in [1.807, 2.05) is 30.3 Å². The van der Waals surface area contributed by atoms with Gasteiger partial charge in [0.1, 0.15) is 0 Å². The van der Waals surface area contributed by atoms with Crippen LogP contribution in [0.3, 0.4) is 0 Å². The smallest absolute Gasteiger partial charge is 0.0604 e. The van der Waals surface area contributed by atoms with Crippen LogP contribution in [-0.2, 0) is 0 Å². The fourth-order valence-electron chi connectivity index (χ4n) is 1.76. The van der Waals surface area contributed by atoms with E-state index >= 15 is 0 Å². The molecule has 0 unspecified atom stereocenters. The van der Waals surface area contributed by atoms with Gasteiger partial charge in [-0.1, -0.05) is 61.0 Å². The quantitative estimate of drug-likeness (QED) is 0.603. The number of rotatable bonds is 5. The second kappa shape index (κ2) is 7.29. The largest absolute Gasteiger partial charge is 0.278 e. The molecule has 0 aliphatic rings. The van der Waals surface area contributed by atoms with Crippen molar-refractivity contribution in [3.8, 4) is 0 Å². The topological polar surface area (TPSA) is 24.4 Å². The Balaban J connectivity index is 2.02. The Kier molecular flexibility index (Phi) is 5.13. The third kappa shape index (κ3) is 4.39. The maximum absolute atomic E-state index is 4.44. The molecule has 0 amide bonds. The summed E-state index contributed by atoms with van der Waals surface area (Å²) in [5.41, 5.74) is 7.56. The minimum Gasteiger partial charge on any atom is -0.278 e. The van der Waals surface area contributed by atoms with Gasteiger partial charge in [0.05, 0.1) is 11.4 Å². The van der Waals surface area contributed by atoms with Crippen LogP contribution in [-0.4, -0.2) is 5.71 Å². The third-order valence-corrected chi connectivity index (χ3v) is 3.01. The van der Waals surface area contributed by atoms with E-state index in [1.165, 1.54) is 11.1 Å². The predicted molar refractivity (Wildman–Crippen MR) is 88.0 cm³/mol. The molecule has 2 aromatic rings. The highest BCUT2D eigenvalue weighted by Gasteiger charge is 1.93. The van der Waals surface area contributed by atoms with Crippen LogP contribution in [0.1, 0.15) is 24.5 Å². The maximum atomic E-state index is 4.44. The minimum absolute atomic E-state index is 0.891. The molecule has 2 nitrogen and oxygen atoms in total. The van der Waals surface area contributed by atoms with Crippen molar-refractivity contribution in [2.45, 2.75) is 20.3 Å². The molecule has 0 aliphatic heterocycles. The fraction of sp³-hybridized carbons (Fsp3) is 0.167. The first-order chi connectivity index (χ1) is 9.78. The van der Waals surface area contributed by atoms with E-state index in [1.54, 1.807) is 0 Å². The highest BCUT2D eigenvalue weighted by atomic mass is 15.3. The van der Waals surface area contributed by atoms with Gasteiger partial charge in [-0.15, -0.1) is 0 Å². The predicted octanol–water partition coefficient (Wildman–Crippen LogP) is 4.89. The second-order valence-corrected chi connectivity index (χ2v) is 4.68. The van der Waals surface area contributed by atoms with E-state index in [-0.39, 0.29) is 0 Å². The Labute approximate surface area is 120 Å². The van der Waals surface area contributed by atoms with E-state index in [0.29, 0.717) is 0 Å². The van der Waals surface area contributed by atoms with E-state index < -0.39 is 0 Å². The van der Waals surface area contributed by atoms with Crippen molar-refractivity contribution >= 4 is 17.5 Å². The van der Waals surface area contributed by atoms with Gasteiger partial charge in [0.2, 0.25) is 0 Å². The van der Waals surface area contributed by atoms with Crippen molar-refractivity contribution < 1.29 is 0 Å². The van der Waals surface area contributed by atoms with Crippen LogP contribution in [0, 0.1) is 6.92 Å². The van der Waals surface area contributed by atoms with Gasteiger partial charge in [0.25, 0.3) is 0 Å². The van der Waals surface area contributed by atoms with Crippen LogP contribution in [0.4, 0.5) is 5.69 Å². The molecular weight excluding hydrogens is 244 g/mol. The standard InChI is InChI=1S/C18H20N2/c1-3-17(14-11-16-7-5-4-6-8-16)19-20-18-12-9-15(2)10-13-18/h4-14,20H,3H2,1-2H3. The lowest BCUT2D eigenvalue weighted by Crippen LogP contribution is -1.97. The van der Waals surface area contributed by atoms with Crippen LogP contribution in [0.2, 0.25) is 0 Å². The monoisotopic (exact) mass is 264 g/mol. The molecule has 1 N–H and O–H groups in total. The minimum atomic E-state index is 0.891. The van der Waals surface area contributed by atoms with Crippen molar-refractivity contribution in [2.24, 2.45) is 5.10 Å². The summed E-state index contributed by atoms with van der Waals surface area (Å²) in [6, 6.07) is 18.5. The number of hydrazone groups is 1. The van der Waals surface area contributed by atoms with E-state index in [0.717, 1.165) is 17.8 Å². The summed E-state index contributed by atoms with van der Waals surface area (Å²) in [4.78, 5) is 0. The Morgan fingerprint density at radius 2 is 1.75 bits per heavy atom. The van der Waals surface area contributed by atoms with Crippen molar-refractivity contribution in [2.75, 3.05) is 5.43 Å². The Bertz CT molecular complexity index is 581. The first-order valence-electron chi connectivity index (χ1n) is 6.90. The van der Waals surface area contributed by atoms with Crippen LogP contribution in [0.5, 0.6) is 0 Å². The second-order valence-electron chi connectivity index (χ2n) is 4.68. The molecule has 0 spiro atoms. The summed E-state index contributed by atoms with van der Waals surface area (Å²) < 4.78 is 0. The summed E-state index contributed by atoms with van der Waals surface area (Å²) in [7, 11) is 0. The van der Waals surface area contributed by atoms with Crippen LogP contribution < -0.4 is 5.43 Å². The average molecular weight is 264 g/mol. The Morgan fingerprint density at radius 3 is 2.40 bits per heavy atom. The molecule has 0 aromatic heterocycles. The summed E-state index contributed by atoms with van der Waals surface area (Å²) in [6.45, 7) is 4.18. The average Bonchev–Trinajstić information content (AvgIpc) is 2.50. The number of nitrogens with one attached hydrogen (secondary N) is 1. The van der Waals surface area contributed by atoms with Crippen LogP contribution in [0.15, 0.2) is 65.8 Å². The highest BCUT2D eigenvalue weighted by Crippen LogP contribution is 2.09. The molecule has 0 heterocycles. The summed E-state index contributed by atoms with van der Waals surface area (Å²) in [5, 5.41) is 4.44. The van der Waals surface area contributed by atoms with E-state index in [4.69, 9.17) is 0 Å². The zero-order valence-corrected chi connectivity index (χ0v) is 12.0. The number of hydrogen-bond donors (Lipinski definition) is 1. The first-order valence-corrected chi connectivity index (χ1v) is 6.90. The number of hydrogen-bond acceptors (Lipinski definition) is 2. The molecule has 0 saturated heterocycles. The molecule has 0 saturated carbocycles. The number of nitrogens with zero attached hydrogens (tertiary/aromatic N) is 1. The normalized spacial score (nSPS) is 11.8. The fourth-order valence-corrected chi connectivity index (χ4v) is 1.76. The zero-order valence-electron chi connectivity index (χ0n) is 12.0. The van der Waals surface area contributed by atoms with Gasteiger partial charge in [-0.2, -0.15) is 5.10 Å². The van der Waals surface area contributed by atoms with Crippen molar-refractivity contribution in [1.29, 1.82) is 0 Å². The molecular formula is C18H20N2. The lowest BCUT2D eigenvalue weighted by molar-refractivity contribution is 1.23. The van der Waals surface area contributed by atoms with Gasteiger partial charge in [-0.05, 0) is 37.1 Å². The maximum Gasteiger partial charge on any atom is 0.0604 e. The van der Waals surface area contributed by atoms with Gasteiger partial charge < -0.3 is 0 Å². The third-order valence-electron chi connectivity index (χ3n) is 3.01. The number of anilines is 1. The summed E-state index contributed by atoms with van der Waals surface area (Å²) >= 11 is 0. The van der Waals surface area contributed by atoms with Gasteiger partial charge in [-0.3, -0.25) is 5.43 Å².